The smallest absolute Gasteiger partial charge is 0.0192 e. The molecule has 2 atom stereocenters. The Morgan fingerprint density at radius 3 is 2.56 bits per heavy atom. The molecular formula is C14H30N2. The lowest BCUT2D eigenvalue weighted by Gasteiger charge is -2.41. The average molecular weight is 226 g/mol. The fourth-order valence-corrected chi connectivity index (χ4v) is 2.49. The second kappa shape index (κ2) is 6.02. The molecule has 1 heterocycles. The fraction of sp³-hybridized carbons (Fsp3) is 1.00. The van der Waals surface area contributed by atoms with Gasteiger partial charge in [-0.25, -0.2) is 0 Å². The lowest BCUT2D eigenvalue weighted by atomic mass is 9.83. The lowest BCUT2D eigenvalue weighted by Crippen LogP contribution is -2.49. The van der Waals surface area contributed by atoms with Crippen LogP contribution in [-0.4, -0.2) is 36.6 Å². The summed E-state index contributed by atoms with van der Waals surface area (Å²) in [4.78, 5) is 2.65. The molecule has 0 aromatic carbocycles. The van der Waals surface area contributed by atoms with E-state index in [1.165, 1.54) is 32.4 Å². The van der Waals surface area contributed by atoms with Gasteiger partial charge in [-0.05, 0) is 45.1 Å². The quantitative estimate of drug-likeness (QED) is 0.775. The van der Waals surface area contributed by atoms with Crippen LogP contribution >= 0.6 is 0 Å². The highest BCUT2D eigenvalue weighted by atomic mass is 15.2. The maximum Gasteiger partial charge on any atom is 0.0192 e. The van der Waals surface area contributed by atoms with E-state index in [9.17, 15) is 0 Å². The molecule has 0 aromatic rings. The van der Waals surface area contributed by atoms with Crippen molar-refractivity contribution in [1.82, 2.24) is 10.2 Å². The van der Waals surface area contributed by atoms with Crippen molar-refractivity contribution < 1.29 is 0 Å². The van der Waals surface area contributed by atoms with E-state index in [2.05, 4.69) is 44.8 Å². The summed E-state index contributed by atoms with van der Waals surface area (Å²) in [6.45, 7) is 15.3. The summed E-state index contributed by atoms with van der Waals surface area (Å²) in [5.41, 5.74) is 0.517. The van der Waals surface area contributed by atoms with E-state index in [1.807, 2.05) is 0 Å². The van der Waals surface area contributed by atoms with E-state index in [-0.39, 0.29) is 0 Å². The van der Waals surface area contributed by atoms with Crippen LogP contribution in [0.4, 0.5) is 0 Å². The second-order valence-corrected chi connectivity index (χ2v) is 6.30. The Hall–Kier alpha value is -0.0800. The zero-order valence-corrected chi connectivity index (χ0v) is 11.8. The van der Waals surface area contributed by atoms with Gasteiger partial charge in [0.05, 0.1) is 0 Å². The molecule has 2 heteroatoms. The van der Waals surface area contributed by atoms with E-state index >= 15 is 0 Å². The van der Waals surface area contributed by atoms with Crippen molar-refractivity contribution in [3.63, 3.8) is 0 Å². The predicted octanol–water partition coefficient (Wildman–Crippen LogP) is 2.89. The summed E-state index contributed by atoms with van der Waals surface area (Å²) < 4.78 is 0. The van der Waals surface area contributed by atoms with Crippen LogP contribution in [0.3, 0.4) is 0 Å². The zero-order valence-electron chi connectivity index (χ0n) is 11.8. The number of nitrogens with one attached hydrogen (secondary N) is 1. The van der Waals surface area contributed by atoms with Crippen LogP contribution in [-0.2, 0) is 0 Å². The number of rotatable bonds is 5. The third-order valence-corrected chi connectivity index (χ3v) is 3.93. The maximum absolute atomic E-state index is 3.62. The molecule has 0 saturated carbocycles. The molecule has 1 aliphatic heterocycles. The normalized spacial score (nSPS) is 25.3. The predicted molar refractivity (Wildman–Crippen MR) is 71.8 cm³/mol. The van der Waals surface area contributed by atoms with Gasteiger partial charge < -0.3 is 5.32 Å². The van der Waals surface area contributed by atoms with Crippen LogP contribution in [0.1, 0.15) is 53.9 Å². The molecule has 1 N–H and O–H groups in total. The third-order valence-electron chi connectivity index (χ3n) is 3.93. The molecule has 0 bridgehead atoms. The van der Waals surface area contributed by atoms with E-state index in [1.54, 1.807) is 0 Å². The Kier molecular flexibility index (Phi) is 5.26. The first-order valence-electron chi connectivity index (χ1n) is 6.92. The molecule has 0 spiro atoms. The first kappa shape index (κ1) is 14.0. The number of hydrogen-bond acceptors (Lipinski definition) is 2. The van der Waals surface area contributed by atoms with E-state index < -0.39 is 0 Å². The van der Waals surface area contributed by atoms with Crippen molar-refractivity contribution in [3.05, 3.63) is 0 Å². The molecule has 0 amide bonds. The van der Waals surface area contributed by atoms with Gasteiger partial charge in [-0.3, -0.25) is 4.90 Å². The molecule has 0 radical (unpaired) electrons. The molecule has 16 heavy (non-hydrogen) atoms. The van der Waals surface area contributed by atoms with Crippen LogP contribution in [0.25, 0.3) is 0 Å². The SMILES string of the molecule is CCC(C)NCC(C)N1CCCC(C)(C)C1. The van der Waals surface area contributed by atoms with E-state index in [0.717, 1.165) is 6.54 Å². The number of piperidine rings is 1. The number of hydrogen-bond donors (Lipinski definition) is 1. The minimum atomic E-state index is 0.517. The number of likely N-dealkylation sites (tertiary alicyclic amines) is 1. The number of nitrogens with zero attached hydrogens (tertiary/aromatic N) is 1. The topological polar surface area (TPSA) is 15.3 Å². The molecule has 0 aliphatic carbocycles. The highest BCUT2D eigenvalue weighted by Gasteiger charge is 2.28. The van der Waals surface area contributed by atoms with Crippen molar-refractivity contribution in [2.45, 2.75) is 66.0 Å². The van der Waals surface area contributed by atoms with Gasteiger partial charge in [0.2, 0.25) is 0 Å². The summed E-state index contributed by atoms with van der Waals surface area (Å²) in [7, 11) is 0. The molecule has 1 saturated heterocycles. The minimum absolute atomic E-state index is 0.517. The molecular weight excluding hydrogens is 196 g/mol. The summed E-state index contributed by atoms with van der Waals surface area (Å²) in [6.07, 6.45) is 3.97. The van der Waals surface area contributed by atoms with E-state index in [4.69, 9.17) is 0 Å². The van der Waals surface area contributed by atoms with Gasteiger partial charge in [0, 0.05) is 25.2 Å². The first-order chi connectivity index (χ1) is 7.44. The van der Waals surface area contributed by atoms with Crippen LogP contribution in [0.15, 0.2) is 0 Å². The monoisotopic (exact) mass is 226 g/mol. The highest BCUT2D eigenvalue weighted by Crippen LogP contribution is 2.29. The third kappa shape index (κ3) is 4.42. The van der Waals surface area contributed by atoms with E-state index in [0.29, 0.717) is 17.5 Å². The molecule has 1 fully saturated rings. The fourth-order valence-electron chi connectivity index (χ4n) is 2.49. The van der Waals surface area contributed by atoms with Gasteiger partial charge in [-0.2, -0.15) is 0 Å². The molecule has 2 nitrogen and oxygen atoms in total. The van der Waals surface area contributed by atoms with Crippen molar-refractivity contribution in [2.24, 2.45) is 5.41 Å². The Morgan fingerprint density at radius 2 is 2.00 bits per heavy atom. The lowest BCUT2D eigenvalue weighted by molar-refractivity contribution is 0.0832. The van der Waals surface area contributed by atoms with Crippen molar-refractivity contribution in [1.29, 1.82) is 0 Å². The Bertz CT molecular complexity index is 201. The summed E-state index contributed by atoms with van der Waals surface area (Å²) in [6, 6.07) is 1.33. The highest BCUT2D eigenvalue weighted by molar-refractivity contribution is 4.83. The van der Waals surface area contributed by atoms with Gasteiger partial charge in [-0.1, -0.05) is 20.8 Å². The Balaban J connectivity index is 2.33. The van der Waals surface area contributed by atoms with Gasteiger partial charge in [-0.15, -0.1) is 0 Å². The van der Waals surface area contributed by atoms with Crippen LogP contribution < -0.4 is 5.32 Å². The van der Waals surface area contributed by atoms with Crippen LogP contribution in [0.2, 0.25) is 0 Å². The van der Waals surface area contributed by atoms with Crippen LogP contribution in [0, 0.1) is 5.41 Å². The van der Waals surface area contributed by atoms with Gasteiger partial charge in [0.15, 0.2) is 0 Å². The zero-order chi connectivity index (χ0) is 12.2. The van der Waals surface area contributed by atoms with Crippen molar-refractivity contribution in [3.8, 4) is 0 Å². The van der Waals surface area contributed by atoms with Gasteiger partial charge in [0.1, 0.15) is 0 Å². The standard InChI is InChI=1S/C14H30N2/c1-6-12(2)15-10-13(3)16-9-7-8-14(4,5)11-16/h12-13,15H,6-11H2,1-5H3. The first-order valence-corrected chi connectivity index (χ1v) is 6.92. The van der Waals surface area contributed by atoms with Gasteiger partial charge >= 0.3 is 0 Å². The van der Waals surface area contributed by atoms with Crippen molar-refractivity contribution in [2.75, 3.05) is 19.6 Å². The Morgan fingerprint density at radius 1 is 1.31 bits per heavy atom. The average Bonchev–Trinajstić information content (AvgIpc) is 2.23. The largest absolute Gasteiger partial charge is 0.313 e. The van der Waals surface area contributed by atoms with Crippen LogP contribution in [0.5, 0.6) is 0 Å². The molecule has 1 rings (SSSR count). The maximum atomic E-state index is 3.62. The second-order valence-electron chi connectivity index (χ2n) is 6.30. The summed E-state index contributed by atoms with van der Waals surface area (Å²) in [5, 5.41) is 3.62. The van der Waals surface area contributed by atoms with Gasteiger partial charge in [0.25, 0.3) is 0 Å². The molecule has 0 aromatic heterocycles. The molecule has 1 aliphatic rings. The minimum Gasteiger partial charge on any atom is -0.313 e. The summed E-state index contributed by atoms with van der Waals surface area (Å²) in [5.74, 6) is 0. The summed E-state index contributed by atoms with van der Waals surface area (Å²) >= 11 is 0. The molecule has 2 unspecified atom stereocenters. The molecule has 96 valence electrons. The Labute approximate surface area is 102 Å². The van der Waals surface area contributed by atoms with Crippen molar-refractivity contribution >= 4 is 0 Å².